The highest BCUT2D eigenvalue weighted by atomic mass is 16.5. The molecule has 1 aromatic carbocycles. The van der Waals surface area contributed by atoms with Gasteiger partial charge in [-0.15, -0.1) is 0 Å². The molecule has 1 rings (SSSR count). The zero-order valence-corrected chi connectivity index (χ0v) is 11.0. The molecule has 0 heterocycles. The maximum atomic E-state index is 5.72. The van der Waals surface area contributed by atoms with E-state index in [1.165, 1.54) is 0 Å². The van der Waals surface area contributed by atoms with Gasteiger partial charge in [-0.3, -0.25) is 0 Å². The number of ether oxygens (including phenoxy) is 4. The van der Waals surface area contributed by atoms with Crippen LogP contribution in [0.4, 0.5) is 5.69 Å². The second kappa shape index (κ2) is 8.74. The van der Waals surface area contributed by atoms with Gasteiger partial charge < -0.3 is 24.7 Å². The molecule has 0 aliphatic rings. The molecule has 0 saturated carbocycles. The number of benzene rings is 1. The van der Waals surface area contributed by atoms with Crippen molar-refractivity contribution in [3.8, 4) is 5.75 Å². The van der Waals surface area contributed by atoms with Crippen molar-refractivity contribution in [3.63, 3.8) is 0 Å². The lowest BCUT2D eigenvalue weighted by Gasteiger charge is -2.10. The number of nitrogens with two attached hydrogens (primary N) is 1. The molecule has 102 valence electrons. The summed E-state index contributed by atoms with van der Waals surface area (Å²) < 4.78 is 20.9. The molecule has 5 nitrogen and oxygen atoms in total. The lowest BCUT2D eigenvalue weighted by Crippen LogP contribution is -2.08. The van der Waals surface area contributed by atoms with Gasteiger partial charge in [0, 0.05) is 18.4 Å². The van der Waals surface area contributed by atoms with E-state index in [0.717, 1.165) is 11.3 Å². The third-order valence-electron chi connectivity index (χ3n) is 2.37. The highest BCUT2D eigenvalue weighted by Crippen LogP contribution is 2.21. The van der Waals surface area contributed by atoms with Crippen LogP contribution in [0.25, 0.3) is 0 Å². The van der Waals surface area contributed by atoms with Gasteiger partial charge in [0.1, 0.15) is 5.75 Å². The van der Waals surface area contributed by atoms with Gasteiger partial charge in [-0.25, -0.2) is 0 Å². The van der Waals surface area contributed by atoms with Crippen LogP contribution in [0.3, 0.4) is 0 Å². The summed E-state index contributed by atoms with van der Waals surface area (Å²) in [6.07, 6.45) is 0. The van der Waals surface area contributed by atoms with Crippen molar-refractivity contribution in [2.24, 2.45) is 0 Å². The van der Waals surface area contributed by atoms with E-state index < -0.39 is 0 Å². The Morgan fingerprint density at radius 2 is 1.72 bits per heavy atom. The SMILES string of the molecule is COCCOCCOCc1cc(N)ccc1OC. The van der Waals surface area contributed by atoms with E-state index in [-0.39, 0.29) is 0 Å². The van der Waals surface area contributed by atoms with E-state index in [4.69, 9.17) is 24.7 Å². The minimum Gasteiger partial charge on any atom is -0.496 e. The Balaban J connectivity index is 2.24. The summed E-state index contributed by atoms with van der Waals surface area (Å²) in [5.74, 6) is 0.782. The van der Waals surface area contributed by atoms with Crippen LogP contribution in [-0.4, -0.2) is 40.6 Å². The third kappa shape index (κ3) is 5.35. The molecule has 2 N–H and O–H groups in total. The van der Waals surface area contributed by atoms with Crippen LogP contribution in [0, 0.1) is 0 Å². The average Bonchev–Trinajstić information content (AvgIpc) is 2.38. The summed E-state index contributed by atoms with van der Waals surface area (Å²) in [7, 11) is 3.27. The van der Waals surface area contributed by atoms with Crippen LogP contribution in [0.15, 0.2) is 18.2 Å². The van der Waals surface area contributed by atoms with Crippen molar-refractivity contribution < 1.29 is 18.9 Å². The topological polar surface area (TPSA) is 62.9 Å². The summed E-state index contributed by atoms with van der Waals surface area (Å²) in [6, 6.07) is 5.49. The first-order chi connectivity index (χ1) is 8.77. The second-order valence-electron chi connectivity index (χ2n) is 3.73. The van der Waals surface area contributed by atoms with Gasteiger partial charge in [-0.2, -0.15) is 0 Å². The van der Waals surface area contributed by atoms with Crippen molar-refractivity contribution in [1.29, 1.82) is 0 Å². The molecular weight excluding hydrogens is 234 g/mol. The molecule has 0 unspecified atom stereocenters. The molecule has 1 aromatic rings. The van der Waals surface area contributed by atoms with E-state index in [1.54, 1.807) is 20.3 Å². The Morgan fingerprint density at radius 1 is 1.00 bits per heavy atom. The van der Waals surface area contributed by atoms with Crippen LogP contribution in [-0.2, 0) is 20.8 Å². The molecule has 0 aliphatic carbocycles. The van der Waals surface area contributed by atoms with Gasteiger partial charge in [-0.05, 0) is 18.2 Å². The lowest BCUT2D eigenvalue weighted by molar-refractivity contribution is 0.0196. The number of hydrogen-bond donors (Lipinski definition) is 1. The number of methoxy groups -OCH3 is 2. The first kappa shape index (κ1) is 14.8. The molecule has 0 aliphatic heterocycles. The average molecular weight is 255 g/mol. The molecule has 0 atom stereocenters. The molecule has 0 aromatic heterocycles. The Bertz CT molecular complexity index is 344. The monoisotopic (exact) mass is 255 g/mol. The molecule has 0 radical (unpaired) electrons. The maximum absolute atomic E-state index is 5.72. The maximum Gasteiger partial charge on any atom is 0.124 e. The smallest absolute Gasteiger partial charge is 0.124 e. The van der Waals surface area contributed by atoms with Crippen molar-refractivity contribution in [3.05, 3.63) is 23.8 Å². The van der Waals surface area contributed by atoms with Crippen LogP contribution >= 0.6 is 0 Å². The summed E-state index contributed by atoms with van der Waals surface area (Å²) in [6.45, 7) is 2.72. The molecule has 0 fully saturated rings. The quantitative estimate of drug-likeness (QED) is 0.534. The van der Waals surface area contributed by atoms with Gasteiger partial charge in [-0.1, -0.05) is 0 Å². The highest BCUT2D eigenvalue weighted by molar-refractivity contribution is 5.47. The Hall–Kier alpha value is -1.30. The van der Waals surface area contributed by atoms with E-state index in [2.05, 4.69) is 0 Å². The van der Waals surface area contributed by atoms with Crippen molar-refractivity contribution >= 4 is 5.69 Å². The fourth-order valence-corrected chi connectivity index (χ4v) is 1.46. The van der Waals surface area contributed by atoms with Crippen molar-refractivity contribution in [2.75, 3.05) is 46.4 Å². The molecule has 5 heteroatoms. The number of rotatable bonds is 9. The zero-order chi connectivity index (χ0) is 13.2. The van der Waals surface area contributed by atoms with Gasteiger partial charge in [0.05, 0.1) is 40.1 Å². The van der Waals surface area contributed by atoms with Crippen LogP contribution in [0.2, 0.25) is 0 Å². The fraction of sp³-hybridized carbons (Fsp3) is 0.538. The highest BCUT2D eigenvalue weighted by Gasteiger charge is 2.03. The van der Waals surface area contributed by atoms with Gasteiger partial charge in [0.15, 0.2) is 0 Å². The molecular formula is C13H21NO4. The third-order valence-corrected chi connectivity index (χ3v) is 2.37. The summed E-state index contributed by atoms with van der Waals surface area (Å²) in [5.41, 5.74) is 7.36. The van der Waals surface area contributed by atoms with Crippen molar-refractivity contribution in [1.82, 2.24) is 0 Å². The van der Waals surface area contributed by atoms with Crippen LogP contribution in [0.1, 0.15) is 5.56 Å². The van der Waals surface area contributed by atoms with Crippen LogP contribution in [0.5, 0.6) is 5.75 Å². The molecule has 0 saturated heterocycles. The first-order valence-corrected chi connectivity index (χ1v) is 5.84. The number of anilines is 1. The summed E-state index contributed by atoms with van der Waals surface area (Å²) >= 11 is 0. The second-order valence-corrected chi connectivity index (χ2v) is 3.73. The largest absolute Gasteiger partial charge is 0.496 e. The Kier molecular flexibility index (Phi) is 7.17. The lowest BCUT2D eigenvalue weighted by atomic mass is 10.2. The summed E-state index contributed by atoms with van der Waals surface area (Å²) in [5, 5.41) is 0. The van der Waals surface area contributed by atoms with E-state index >= 15 is 0 Å². The Labute approximate surface area is 108 Å². The standard InChI is InChI=1S/C13H21NO4/c1-15-5-6-17-7-8-18-10-11-9-12(14)3-4-13(11)16-2/h3-4,9H,5-8,10,14H2,1-2H3. The fourth-order valence-electron chi connectivity index (χ4n) is 1.46. The predicted octanol–water partition coefficient (Wildman–Crippen LogP) is 1.46. The number of hydrogen-bond acceptors (Lipinski definition) is 5. The zero-order valence-electron chi connectivity index (χ0n) is 11.0. The van der Waals surface area contributed by atoms with Gasteiger partial charge in [0.25, 0.3) is 0 Å². The van der Waals surface area contributed by atoms with E-state index in [1.807, 2.05) is 12.1 Å². The van der Waals surface area contributed by atoms with Crippen LogP contribution < -0.4 is 10.5 Å². The van der Waals surface area contributed by atoms with Crippen molar-refractivity contribution in [2.45, 2.75) is 6.61 Å². The predicted molar refractivity (Wildman–Crippen MR) is 69.8 cm³/mol. The van der Waals surface area contributed by atoms with Gasteiger partial charge in [0.2, 0.25) is 0 Å². The first-order valence-electron chi connectivity index (χ1n) is 5.84. The van der Waals surface area contributed by atoms with Gasteiger partial charge >= 0.3 is 0 Å². The Morgan fingerprint density at radius 3 is 2.44 bits per heavy atom. The minimum atomic E-state index is 0.460. The molecule has 0 bridgehead atoms. The number of nitrogen functional groups attached to an aromatic ring is 1. The van der Waals surface area contributed by atoms with E-state index in [9.17, 15) is 0 Å². The molecule has 0 spiro atoms. The molecule has 18 heavy (non-hydrogen) atoms. The molecule has 0 amide bonds. The normalized spacial score (nSPS) is 10.6. The minimum absolute atomic E-state index is 0.460. The summed E-state index contributed by atoms with van der Waals surface area (Å²) in [4.78, 5) is 0. The van der Waals surface area contributed by atoms with E-state index in [0.29, 0.717) is 38.7 Å².